The molecule has 4 nitrogen and oxygen atoms in total. The molecule has 0 aliphatic carbocycles. The number of hydrogen-bond donors (Lipinski definition) is 2. The average Bonchev–Trinajstić information content (AvgIpc) is 3.17. The van der Waals surface area contributed by atoms with Crippen molar-refractivity contribution in [3.63, 3.8) is 0 Å². The number of thiophene rings is 1. The predicted molar refractivity (Wildman–Crippen MR) is 134 cm³/mol. The van der Waals surface area contributed by atoms with Gasteiger partial charge in [-0.15, -0.1) is 11.3 Å². The highest BCUT2D eigenvalue weighted by Gasteiger charge is 2.09. The van der Waals surface area contributed by atoms with Crippen LogP contribution >= 0.6 is 22.9 Å². The topological polar surface area (TPSA) is 60.2 Å². The first-order valence-electron chi connectivity index (χ1n) is 10.8. The zero-order valence-electron chi connectivity index (χ0n) is 18.9. The van der Waals surface area contributed by atoms with Gasteiger partial charge in [0, 0.05) is 25.3 Å². The van der Waals surface area contributed by atoms with E-state index < -0.39 is 0 Å². The van der Waals surface area contributed by atoms with Crippen LogP contribution in [0.3, 0.4) is 0 Å². The molecule has 1 aromatic carbocycles. The van der Waals surface area contributed by atoms with Gasteiger partial charge >= 0.3 is 0 Å². The van der Waals surface area contributed by atoms with E-state index in [1.165, 1.54) is 11.1 Å². The van der Waals surface area contributed by atoms with Crippen LogP contribution in [0.5, 0.6) is 0 Å². The van der Waals surface area contributed by atoms with Gasteiger partial charge < -0.3 is 15.8 Å². The van der Waals surface area contributed by atoms with Crippen LogP contribution in [0.1, 0.15) is 51.7 Å². The van der Waals surface area contributed by atoms with Crippen LogP contribution in [-0.4, -0.2) is 24.2 Å². The SMILES string of the molecule is CC.CC.Cc1csc2c(NCc3ccccc3)cc(Cl)nc12.NC1CCCOC1. The van der Waals surface area contributed by atoms with Gasteiger partial charge in [-0.2, -0.15) is 0 Å². The number of aromatic nitrogens is 1. The minimum Gasteiger partial charge on any atom is -0.380 e. The van der Waals surface area contributed by atoms with Crippen LogP contribution in [-0.2, 0) is 11.3 Å². The summed E-state index contributed by atoms with van der Waals surface area (Å²) < 4.78 is 6.22. The number of fused-ring (bicyclic) bond motifs is 1. The van der Waals surface area contributed by atoms with E-state index in [-0.39, 0.29) is 0 Å². The quantitative estimate of drug-likeness (QED) is 0.420. The van der Waals surface area contributed by atoms with E-state index in [9.17, 15) is 0 Å². The first-order chi connectivity index (χ1) is 14.6. The van der Waals surface area contributed by atoms with Gasteiger partial charge in [-0.05, 0) is 36.3 Å². The fourth-order valence-corrected chi connectivity index (χ4v) is 3.96. The first kappa shape index (κ1) is 26.4. The lowest BCUT2D eigenvalue weighted by Crippen LogP contribution is -2.30. The number of nitrogens with two attached hydrogens (primary N) is 1. The number of aryl methyl sites for hydroxylation is 1. The molecule has 166 valence electrons. The van der Waals surface area contributed by atoms with Crippen molar-refractivity contribution in [2.75, 3.05) is 18.5 Å². The van der Waals surface area contributed by atoms with Gasteiger partial charge in [0.1, 0.15) is 5.15 Å². The van der Waals surface area contributed by atoms with Crippen molar-refractivity contribution in [2.24, 2.45) is 5.73 Å². The smallest absolute Gasteiger partial charge is 0.131 e. The fourth-order valence-electron chi connectivity index (χ4n) is 2.78. The molecule has 0 saturated carbocycles. The van der Waals surface area contributed by atoms with Crippen LogP contribution in [0.2, 0.25) is 5.15 Å². The fraction of sp³-hybridized carbons (Fsp3) is 0.458. The molecule has 3 heterocycles. The van der Waals surface area contributed by atoms with Crippen molar-refractivity contribution in [3.05, 3.63) is 58.1 Å². The molecular formula is C24H36ClN3OS. The molecule has 1 unspecified atom stereocenters. The molecule has 1 saturated heterocycles. The van der Waals surface area contributed by atoms with Gasteiger partial charge in [-0.25, -0.2) is 4.98 Å². The summed E-state index contributed by atoms with van der Waals surface area (Å²) in [7, 11) is 0. The van der Waals surface area contributed by atoms with Crippen LogP contribution in [0.15, 0.2) is 41.8 Å². The van der Waals surface area contributed by atoms with Crippen LogP contribution in [0.4, 0.5) is 5.69 Å². The summed E-state index contributed by atoms with van der Waals surface area (Å²) in [6.07, 6.45) is 2.28. The predicted octanol–water partition coefficient (Wildman–Crippen LogP) is 7.05. The monoisotopic (exact) mass is 449 g/mol. The molecule has 6 heteroatoms. The lowest BCUT2D eigenvalue weighted by atomic mass is 10.1. The van der Waals surface area contributed by atoms with Gasteiger partial charge in [-0.3, -0.25) is 0 Å². The molecule has 2 aromatic heterocycles. The molecule has 1 aliphatic heterocycles. The summed E-state index contributed by atoms with van der Waals surface area (Å²) in [5.41, 5.74) is 9.97. The van der Waals surface area contributed by atoms with E-state index in [2.05, 4.69) is 34.7 Å². The molecule has 4 rings (SSSR count). The lowest BCUT2D eigenvalue weighted by molar-refractivity contribution is 0.0822. The number of rotatable bonds is 3. The Morgan fingerprint density at radius 3 is 2.47 bits per heavy atom. The Morgan fingerprint density at radius 1 is 1.20 bits per heavy atom. The molecular weight excluding hydrogens is 414 g/mol. The van der Waals surface area contributed by atoms with Crippen LogP contribution in [0.25, 0.3) is 10.2 Å². The molecule has 1 fully saturated rings. The zero-order valence-corrected chi connectivity index (χ0v) is 20.4. The van der Waals surface area contributed by atoms with Crippen LogP contribution in [0, 0.1) is 6.92 Å². The van der Waals surface area contributed by atoms with Gasteiger partial charge in [-0.1, -0.05) is 69.6 Å². The number of pyridine rings is 1. The van der Waals surface area contributed by atoms with Crippen molar-refractivity contribution < 1.29 is 4.74 Å². The third-order valence-electron chi connectivity index (χ3n) is 4.19. The van der Waals surface area contributed by atoms with Gasteiger partial charge in [0.25, 0.3) is 0 Å². The highest BCUT2D eigenvalue weighted by atomic mass is 35.5. The summed E-state index contributed by atoms with van der Waals surface area (Å²) in [6, 6.07) is 12.5. The standard InChI is InChI=1S/C15H13ClN2S.C5H11NO.2C2H6/c1-10-9-19-15-12(7-13(16)18-14(10)15)17-8-11-5-3-2-4-6-11;6-5-2-1-3-7-4-5;2*1-2/h2-7,9H,8H2,1H3,(H,17,18);5H,1-4,6H2;2*1-2H3. The van der Waals surface area contributed by atoms with Crippen molar-refractivity contribution in [1.82, 2.24) is 4.98 Å². The second-order valence-electron chi connectivity index (χ2n) is 6.41. The van der Waals surface area contributed by atoms with Crippen molar-refractivity contribution >= 4 is 38.8 Å². The third-order valence-corrected chi connectivity index (χ3v) is 5.50. The Labute approximate surface area is 190 Å². The number of nitrogens with zero attached hydrogens (tertiary/aromatic N) is 1. The molecule has 0 radical (unpaired) electrons. The third kappa shape index (κ3) is 8.60. The van der Waals surface area contributed by atoms with E-state index in [1.54, 1.807) is 11.3 Å². The summed E-state index contributed by atoms with van der Waals surface area (Å²) in [5.74, 6) is 0. The summed E-state index contributed by atoms with van der Waals surface area (Å²) in [4.78, 5) is 4.39. The van der Waals surface area contributed by atoms with Gasteiger partial charge in [0.2, 0.25) is 0 Å². The summed E-state index contributed by atoms with van der Waals surface area (Å²) in [5, 5.41) is 6.09. The highest BCUT2D eigenvalue weighted by molar-refractivity contribution is 7.18. The Balaban J connectivity index is 0.000000343. The zero-order chi connectivity index (χ0) is 22.4. The summed E-state index contributed by atoms with van der Waals surface area (Å²) >= 11 is 7.79. The first-order valence-corrected chi connectivity index (χ1v) is 12.0. The molecule has 0 bridgehead atoms. The van der Waals surface area contributed by atoms with E-state index in [4.69, 9.17) is 22.1 Å². The number of halogens is 1. The Morgan fingerprint density at radius 2 is 1.90 bits per heavy atom. The van der Waals surface area contributed by atoms with E-state index in [1.807, 2.05) is 52.0 Å². The number of ether oxygens (including phenoxy) is 1. The number of benzene rings is 1. The van der Waals surface area contributed by atoms with E-state index >= 15 is 0 Å². The van der Waals surface area contributed by atoms with Gasteiger partial charge in [0.05, 0.1) is 22.5 Å². The largest absolute Gasteiger partial charge is 0.380 e. The van der Waals surface area contributed by atoms with Crippen molar-refractivity contribution in [1.29, 1.82) is 0 Å². The molecule has 0 spiro atoms. The Kier molecular flexibility index (Phi) is 13.4. The second-order valence-corrected chi connectivity index (χ2v) is 7.67. The number of hydrogen-bond acceptors (Lipinski definition) is 5. The Hall–Kier alpha value is -1.66. The number of nitrogens with one attached hydrogen (secondary N) is 1. The minimum atomic E-state index is 0.314. The minimum absolute atomic E-state index is 0.314. The second kappa shape index (κ2) is 15.2. The maximum atomic E-state index is 6.09. The normalized spacial score (nSPS) is 15.0. The number of anilines is 1. The molecule has 0 amide bonds. The van der Waals surface area contributed by atoms with Gasteiger partial charge in [0.15, 0.2) is 0 Å². The summed E-state index contributed by atoms with van der Waals surface area (Å²) in [6.45, 7) is 12.5. The van der Waals surface area contributed by atoms with Crippen molar-refractivity contribution in [2.45, 2.75) is 60.0 Å². The molecule has 3 aromatic rings. The maximum Gasteiger partial charge on any atom is 0.131 e. The average molecular weight is 450 g/mol. The highest BCUT2D eigenvalue weighted by Crippen LogP contribution is 2.32. The van der Waals surface area contributed by atoms with Crippen molar-refractivity contribution in [3.8, 4) is 0 Å². The molecule has 30 heavy (non-hydrogen) atoms. The maximum absolute atomic E-state index is 6.09. The molecule has 3 N–H and O–H groups in total. The molecule has 1 atom stereocenters. The Bertz CT molecular complexity index is 833. The van der Waals surface area contributed by atoms with E-state index in [0.29, 0.717) is 11.2 Å². The molecule has 1 aliphatic rings. The van der Waals surface area contributed by atoms with Crippen LogP contribution < -0.4 is 11.1 Å². The lowest BCUT2D eigenvalue weighted by Gasteiger charge is -2.16. The van der Waals surface area contributed by atoms with E-state index in [0.717, 1.165) is 48.5 Å².